The molecular formula is C17H19NO. The van der Waals surface area contributed by atoms with Gasteiger partial charge in [-0.05, 0) is 22.6 Å². The molecule has 0 fully saturated rings. The Morgan fingerprint density at radius 3 is 1.89 bits per heavy atom. The Balaban J connectivity index is 2.31. The minimum atomic E-state index is -0.0834. The molecule has 0 saturated carbocycles. The molecular weight excluding hydrogens is 234 g/mol. The summed E-state index contributed by atoms with van der Waals surface area (Å²) >= 11 is 0. The van der Waals surface area contributed by atoms with E-state index in [9.17, 15) is 4.79 Å². The van der Waals surface area contributed by atoms with Crippen molar-refractivity contribution in [3.63, 3.8) is 0 Å². The van der Waals surface area contributed by atoms with Crippen molar-refractivity contribution in [2.75, 3.05) is 0 Å². The first-order valence-electron chi connectivity index (χ1n) is 6.57. The lowest BCUT2D eigenvalue weighted by molar-refractivity contribution is -0.110. The van der Waals surface area contributed by atoms with Gasteiger partial charge >= 0.3 is 0 Å². The number of nitrogens with one attached hydrogen (secondary N) is 1. The van der Waals surface area contributed by atoms with Crippen LogP contribution in [0.2, 0.25) is 0 Å². The average Bonchev–Trinajstić information content (AvgIpc) is 2.46. The van der Waals surface area contributed by atoms with Gasteiger partial charge in [-0.15, -0.1) is 0 Å². The van der Waals surface area contributed by atoms with Crippen LogP contribution in [0.25, 0.3) is 0 Å². The van der Waals surface area contributed by atoms with Gasteiger partial charge in [0.15, 0.2) is 0 Å². The van der Waals surface area contributed by atoms with Gasteiger partial charge in [-0.3, -0.25) is 4.79 Å². The molecule has 2 heteroatoms. The van der Waals surface area contributed by atoms with Crippen molar-refractivity contribution in [3.05, 3.63) is 71.3 Å². The highest BCUT2D eigenvalue weighted by Crippen LogP contribution is 2.23. The van der Waals surface area contributed by atoms with E-state index >= 15 is 0 Å². The second-order valence-electron chi connectivity index (χ2n) is 4.95. The van der Waals surface area contributed by atoms with E-state index < -0.39 is 0 Å². The predicted molar refractivity (Wildman–Crippen MR) is 78.0 cm³/mol. The van der Waals surface area contributed by atoms with E-state index in [2.05, 4.69) is 43.4 Å². The van der Waals surface area contributed by atoms with E-state index in [1.165, 1.54) is 5.56 Å². The Kier molecular flexibility index (Phi) is 4.35. The van der Waals surface area contributed by atoms with Gasteiger partial charge in [-0.1, -0.05) is 68.4 Å². The lowest BCUT2D eigenvalue weighted by Crippen LogP contribution is -2.20. The molecule has 0 aliphatic rings. The van der Waals surface area contributed by atoms with Crippen molar-refractivity contribution >= 4 is 6.41 Å². The van der Waals surface area contributed by atoms with Crippen LogP contribution in [0, 0.1) is 0 Å². The fourth-order valence-corrected chi connectivity index (χ4v) is 2.17. The second kappa shape index (κ2) is 6.19. The molecule has 2 aromatic carbocycles. The molecule has 0 bridgehead atoms. The summed E-state index contributed by atoms with van der Waals surface area (Å²) in [5.41, 5.74) is 3.50. The van der Waals surface area contributed by atoms with Crippen LogP contribution < -0.4 is 5.32 Å². The maximum absolute atomic E-state index is 10.8. The molecule has 0 aliphatic heterocycles. The zero-order chi connectivity index (χ0) is 13.7. The largest absolute Gasteiger partial charge is 0.348 e. The summed E-state index contributed by atoms with van der Waals surface area (Å²) in [7, 11) is 0. The monoisotopic (exact) mass is 253 g/mol. The van der Waals surface area contributed by atoms with Crippen LogP contribution in [0.5, 0.6) is 0 Å². The Morgan fingerprint density at radius 1 is 0.842 bits per heavy atom. The molecule has 0 aromatic heterocycles. The normalized spacial score (nSPS) is 12.2. The zero-order valence-corrected chi connectivity index (χ0v) is 11.3. The molecule has 0 saturated heterocycles. The molecule has 0 unspecified atom stereocenters. The van der Waals surface area contributed by atoms with E-state index in [0.717, 1.165) is 17.5 Å². The first kappa shape index (κ1) is 13.3. The highest BCUT2D eigenvalue weighted by atomic mass is 16.1. The summed E-state index contributed by atoms with van der Waals surface area (Å²) in [5, 5.41) is 2.88. The number of benzene rings is 2. The topological polar surface area (TPSA) is 29.1 Å². The fourth-order valence-electron chi connectivity index (χ4n) is 2.17. The Bertz CT molecular complexity index is 517. The fraction of sp³-hybridized carbons (Fsp3) is 0.235. The van der Waals surface area contributed by atoms with Gasteiger partial charge in [-0.2, -0.15) is 0 Å². The maximum atomic E-state index is 10.8. The SMILES string of the molecule is CC(C)c1ccc([C@@H](NC=O)c2ccccc2)cc1. The summed E-state index contributed by atoms with van der Waals surface area (Å²) in [6.45, 7) is 4.35. The highest BCUT2D eigenvalue weighted by Gasteiger charge is 2.12. The molecule has 2 nitrogen and oxygen atoms in total. The van der Waals surface area contributed by atoms with Crippen molar-refractivity contribution in [1.29, 1.82) is 0 Å². The van der Waals surface area contributed by atoms with Gasteiger partial charge in [0.25, 0.3) is 0 Å². The van der Waals surface area contributed by atoms with Crippen molar-refractivity contribution in [2.24, 2.45) is 0 Å². The lowest BCUT2D eigenvalue weighted by atomic mass is 9.95. The summed E-state index contributed by atoms with van der Waals surface area (Å²) in [5.74, 6) is 0.517. The smallest absolute Gasteiger partial charge is 0.207 e. The van der Waals surface area contributed by atoms with Crippen LogP contribution in [-0.4, -0.2) is 6.41 Å². The molecule has 0 aliphatic carbocycles. The van der Waals surface area contributed by atoms with Crippen molar-refractivity contribution in [2.45, 2.75) is 25.8 Å². The van der Waals surface area contributed by atoms with Crippen LogP contribution >= 0.6 is 0 Å². The lowest BCUT2D eigenvalue weighted by Gasteiger charge is -2.18. The van der Waals surface area contributed by atoms with Gasteiger partial charge < -0.3 is 5.32 Å². The molecule has 1 amide bonds. The Morgan fingerprint density at radius 2 is 1.37 bits per heavy atom. The summed E-state index contributed by atoms with van der Waals surface area (Å²) < 4.78 is 0. The van der Waals surface area contributed by atoms with Crippen LogP contribution in [0.1, 0.15) is 42.5 Å². The first-order valence-corrected chi connectivity index (χ1v) is 6.57. The summed E-state index contributed by atoms with van der Waals surface area (Å²) in [6, 6.07) is 18.3. The summed E-state index contributed by atoms with van der Waals surface area (Å²) in [6.07, 6.45) is 0.758. The Hall–Kier alpha value is -2.09. The first-order chi connectivity index (χ1) is 9.22. The van der Waals surface area contributed by atoms with E-state index in [-0.39, 0.29) is 6.04 Å². The number of rotatable bonds is 5. The van der Waals surface area contributed by atoms with E-state index in [0.29, 0.717) is 5.92 Å². The third-order valence-corrected chi connectivity index (χ3v) is 3.30. The molecule has 0 spiro atoms. The molecule has 2 aromatic rings. The highest BCUT2D eigenvalue weighted by molar-refractivity contribution is 5.50. The van der Waals surface area contributed by atoms with Crippen LogP contribution in [-0.2, 0) is 4.79 Å². The number of amides is 1. The molecule has 19 heavy (non-hydrogen) atoms. The van der Waals surface area contributed by atoms with Crippen molar-refractivity contribution < 1.29 is 4.79 Å². The summed E-state index contributed by atoms with van der Waals surface area (Å²) in [4.78, 5) is 10.8. The molecule has 98 valence electrons. The van der Waals surface area contributed by atoms with E-state index in [1.807, 2.05) is 30.3 Å². The number of hydrogen-bond acceptors (Lipinski definition) is 1. The van der Waals surface area contributed by atoms with Crippen molar-refractivity contribution in [1.82, 2.24) is 5.32 Å². The van der Waals surface area contributed by atoms with Gasteiger partial charge in [0, 0.05) is 0 Å². The zero-order valence-electron chi connectivity index (χ0n) is 11.3. The van der Waals surface area contributed by atoms with Gasteiger partial charge in [0.1, 0.15) is 0 Å². The van der Waals surface area contributed by atoms with Crippen LogP contribution in [0.4, 0.5) is 0 Å². The molecule has 0 radical (unpaired) electrons. The number of hydrogen-bond donors (Lipinski definition) is 1. The quantitative estimate of drug-likeness (QED) is 0.810. The second-order valence-corrected chi connectivity index (χ2v) is 4.95. The minimum Gasteiger partial charge on any atom is -0.348 e. The number of carbonyl (C=O) groups excluding carboxylic acids is 1. The van der Waals surface area contributed by atoms with Crippen LogP contribution in [0.15, 0.2) is 54.6 Å². The molecule has 1 atom stereocenters. The molecule has 1 N–H and O–H groups in total. The number of carbonyl (C=O) groups is 1. The third kappa shape index (κ3) is 3.22. The van der Waals surface area contributed by atoms with Crippen LogP contribution in [0.3, 0.4) is 0 Å². The maximum Gasteiger partial charge on any atom is 0.207 e. The predicted octanol–water partition coefficient (Wildman–Crippen LogP) is 3.65. The minimum absolute atomic E-state index is 0.0834. The van der Waals surface area contributed by atoms with E-state index in [4.69, 9.17) is 0 Å². The molecule has 0 heterocycles. The van der Waals surface area contributed by atoms with Gasteiger partial charge in [0.05, 0.1) is 6.04 Å². The Labute approximate surface area is 114 Å². The third-order valence-electron chi connectivity index (χ3n) is 3.30. The standard InChI is InChI=1S/C17H19NO/c1-13(2)14-8-10-16(11-9-14)17(18-12-19)15-6-4-3-5-7-15/h3-13,17H,1-2H3,(H,18,19)/t17-/m0/s1. The van der Waals surface area contributed by atoms with Gasteiger partial charge in [0.2, 0.25) is 6.41 Å². The van der Waals surface area contributed by atoms with E-state index in [1.54, 1.807) is 0 Å². The average molecular weight is 253 g/mol. The molecule has 2 rings (SSSR count). The van der Waals surface area contributed by atoms with Crippen molar-refractivity contribution in [3.8, 4) is 0 Å². The van der Waals surface area contributed by atoms with Gasteiger partial charge in [-0.25, -0.2) is 0 Å².